The number of aliphatic imine (C=N–C) groups is 1. The fraction of sp³-hybridized carbons (Fsp3) is 0.381. The van der Waals surface area contributed by atoms with E-state index in [4.69, 9.17) is 4.74 Å². The first-order valence-electron chi connectivity index (χ1n) is 9.22. The molecule has 27 heavy (non-hydrogen) atoms. The average molecular weight is 370 g/mol. The second kappa shape index (κ2) is 9.37. The molecule has 0 atom stereocenters. The van der Waals surface area contributed by atoms with E-state index in [2.05, 4.69) is 44.4 Å². The Hall–Kier alpha value is -2.60. The van der Waals surface area contributed by atoms with Gasteiger partial charge in [0.25, 0.3) is 0 Å². The third-order valence-electron chi connectivity index (χ3n) is 4.77. The van der Waals surface area contributed by atoms with E-state index in [1.165, 1.54) is 23.3 Å². The van der Waals surface area contributed by atoms with Crippen molar-refractivity contribution in [2.45, 2.75) is 13.2 Å². The molecule has 0 unspecified atom stereocenters. The van der Waals surface area contributed by atoms with E-state index >= 15 is 0 Å². The number of benzene rings is 2. The normalized spacial score (nSPS) is 15.1. The van der Waals surface area contributed by atoms with Gasteiger partial charge < -0.3 is 19.9 Å². The van der Waals surface area contributed by atoms with Gasteiger partial charge in [-0.05, 0) is 35.4 Å². The quantitative estimate of drug-likeness (QED) is 0.649. The number of rotatable bonds is 5. The van der Waals surface area contributed by atoms with Gasteiger partial charge in [0, 0.05) is 52.6 Å². The zero-order chi connectivity index (χ0) is 19.1. The van der Waals surface area contributed by atoms with E-state index in [0.29, 0.717) is 6.61 Å². The van der Waals surface area contributed by atoms with Crippen LogP contribution in [0.5, 0.6) is 0 Å². The Kier molecular flexibility index (Phi) is 6.65. The molecule has 0 aliphatic carbocycles. The molecule has 5 nitrogen and oxygen atoms in total. The lowest BCUT2D eigenvalue weighted by Crippen LogP contribution is -2.52. The number of hydrogen-bond acceptors (Lipinski definition) is 3. The Morgan fingerprint density at radius 1 is 1.00 bits per heavy atom. The van der Waals surface area contributed by atoms with Crippen molar-refractivity contribution in [1.82, 2.24) is 10.2 Å². The Morgan fingerprint density at radius 2 is 1.63 bits per heavy atom. The fourth-order valence-corrected chi connectivity index (χ4v) is 3.26. The summed E-state index contributed by atoms with van der Waals surface area (Å²) < 4.78 is 18.2. The molecule has 2 aromatic rings. The third-order valence-corrected chi connectivity index (χ3v) is 4.77. The standard InChI is InChI=1S/C21H27FN4O/c1-23-21(24-15-17-3-5-18(6-4-17)16-27-2)26-13-11-25(12-14-26)20-9-7-19(22)8-10-20/h3-10H,11-16H2,1-2H3,(H,23,24). The van der Waals surface area contributed by atoms with Crippen molar-refractivity contribution < 1.29 is 9.13 Å². The van der Waals surface area contributed by atoms with Crippen LogP contribution in [0, 0.1) is 5.82 Å². The van der Waals surface area contributed by atoms with Gasteiger partial charge in [0.1, 0.15) is 5.82 Å². The maximum Gasteiger partial charge on any atom is 0.194 e. The highest BCUT2D eigenvalue weighted by atomic mass is 19.1. The molecule has 1 aliphatic rings. The Balaban J connectivity index is 1.50. The summed E-state index contributed by atoms with van der Waals surface area (Å²) in [5, 5.41) is 3.45. The number of anilines is 1. The number of guanidine groups is 1. The summed E-state index contributed by atoms with van der Waals surface area (Å²) in [6.07, 6.45) is 0. The van der Waals surface area contributed by atoms with Crippen LogP contribution < -0.4 is 10.2 Å². The predicted octanol–water partition coefficient (Wildman–Crippen LogP) is 2.87. The molecule has 3 rings (SSSR count). The zero-order valence-corrected chi connectivity index (χ0v) is 16.0. The number of methoxy groups -OCH3 is 1. The molecule has 0 spiro atoms. The monoisotopic (exact) mass is 370 g/mol. The average Bonchev–Trinajstić information content (AvgIpc) is 2.71. The first-order valence-corrected chi connectivity index (χ1v) is 9.22. The van der Waals surface area contributed by atoms with Crippen molar-refractivity contribution in [3.8, 4) is 0 Å². The summed E-state index contributed by atoms with van der Waals surface area (Å²) in [6, 6.07) is 15.1. The van der Waals surface area contributed by atoms with E-state index in [1.54, 1.807) is 7.11 Å². The predicted molar refractivity (Wildman–Crippen MR) is 108 cm³/mol. The van der Waals surface area contributed by atoms with Crippen molar-refractivity contribution in [1.29, 1.82) is 0 Å². The van der Waals surface area contributed by atoms with Gasteiger partial charge in [-0.25, -0.2) is 4.39 Å². The van der Waals surface area contributed by atoms with Crippen LogP contribution in [0.1, 0.15) is 11.1 Å². The molecule has 144 valence electrons. The van der Waals surface area contributed by atoms with Crippen molar-refractivity contribution in [2.75, 3.05) is 45.2 Å². The summed E-state index contributed by atoms with van der Waals surface area (Å²) in [5.41, 5.74) is 3.44. The highest BCUT2D eigenvalue weighted by Gasteiger charge is 2.19. The molecule has 6 heteroatoms. The summed E-state index contributed by atoms with van der Waals surface area (Å²) in [5.74, 6) is 0.715. The van der Waals surface area contributed by atoms with E-state index in [9.17, 15) is 4.39 Å². The summed E-state index contributed by atoms with van der Waals surface area (Å²) in [7, 11) is 3.52. The first-order chi connectivity index (χ1) is 13.2. The number of halogens is 1. The smallest absolute Gasteiger partial charge is 0.194 e. The maximum absolute atomic E-state index is 13.1. The van der Waals surface area contributed by atoms with Gasteiger partial charge in [0.15, 0.2) is 5.96 Å². The number of nitrogens with one attached hydrogen (secondary N) is 1. The third kappa shape index (κ3) is 5.20. The van der Waals surface area contributed by atoms with Gasteiger partial charge in [-0.2, -0.15) is 0 Å². The molecule has 0 amide bonds. The molecule has 2 aromatic carbocycles. The SMILES string of the molecule is CN=C(NCc1ccc(COC)cc1)N1CCN(c2ccc(F)cc2)CC1. The van der Waals surface area contributed by atoms with Crippen LogP contribution >= 0.6 is 0 Å². The highest BCUT2D eigenvalue weighted by molar-refractivity contribution is 5.80. The summed E-state index contributed by atoms with van der Waals surface area (Å²) in [4.78, 5) is 8.97. The Labute approximate surface area is 160 Å². The van der Waals surface area contributed by atoms with Crippen molar-refractivity contribution in [3.63, 3.8) is 0 Å². The number of nitrogens with zero attached hydrogens (tertiary/aromatic N) is 3. The molecule has 1 N–H and O–H groups in total. The maximum atomic E-state index is 13.1. The Morgan fingerprint density at radius 3 is 2.22 bits per heavy atom. The van der Waals surface area contributed by atoms with Crippen LogP contribution in [0.3, 0.4) is 0 Å². The van der Waals surface area contributed by atoms with Gasteiger partial charge in [-0.3, -0.25) is 4.99 Å². The molecule has 0 radical (unpaired) electrons. The lowest BCUT2D eigenvalue weighted by Gasteiger charge is -2.37. The van der Waals surface area contributed by atoms with Gasteiger partial charge >= 0.3 is 0 Å². The van der Waals surface area contributed by atoms with E-state index in [1.807, 2.05) is 19.2 Å². The van der Waals surface area contributed by atoms with Crippen molar-refractivity contribution in [3.05, 3.63) is 65.5 Å². The molecule has 1 heterocycles. The van der Waals surface area contributed by atoms with Gasteiger partial charge in [-0.15, -0.1) is 0 Å². The molecule has 1 fully saturated rings. The minimum atomic E-state index is -0.197. The lowest BCUT2D eigenvalue weighted by molar-refractivity contribution is 0.185. The molecule has 1 saturated heterocycles. The molecular weight excluding hydrogens is 343 g/mol. The Bertz CT molecular complexity index is 738. The minimum Gasteiger partial charge on any atom is -0.380 e. The van der Waals surface area contributed by atoms with Crippen LogP contribution in [-0.4, -0.2) is 51.2 Å². The molecule has 1 aliphatic heterocycles. The second-order valence-corrected chi connectivity index (χ2v) is 6.60. The van der Waals surface area contributed by atoms with E-state index in [0.717, 1.165) is 44.4 Å². The summed E-state index contributed by atoms with van der Waals surface area (Å²) in [6.45, 7) is 4.90. The number of hydrogen-bond donors (Lipinski definition) is 1. The van der Waals surface area contributed by atoms with Crippen LogP contribution in [0.2, 0.25) is 0 Å². The van der Waals surface area contributed by atoms with E-state index < -0.39 is 0 Å². The van der Waals surface area contributed by atoms with Crippen molar-refractivity contribution >= 4 is 11.6 Å². The fourth-order valence-electron chi connectivity index (χ4n) is 3.26. The molecular formula is C21H27FN4O. The van der Waals surface area contributed by atoms with Gasteiger partial charge in [-0.1, -0.05) is 24.3 Å². The molecule has 0 saturated carbocycles. The first kappa shape index (κ1) is 19.2. The summed E-state index contributed by atoms with van der Waals surface area (Å²) >= 11 is 0. The highest BCUT2D eigenvalue weighted by Crippen LogP contribution is 2.17. The second-order valence-electron chi connectivity index (χ2n) is 6.60. The largest absolute Gasteiger partial charge is 0.380 e. The van der Waals surface area contributed by atoms with Crippen LogP contribution in [0.15, 0.2) is 53.5 Å². The number of piperazine rings is 1. The van der Waals surface area contributed by atoms with Gasteiger partial charge in [0.2, 0.25) is 0 Å². The van der Waals surface area contributed by atoms with E-state index in [-0.39, 0.29) is 5.82 Å². The van der Waals surface area contributed by atoms with Crippen LogP contribution in [0.4, 0.5) is 10.1 Å². The van der Waals surface area contributed by atoms with Crippen LogP contribution in [0.25, 0.3) is 0 Å². The van der Waals surface area contributed by atoms with Gasteiger partial charge in [0.05, 0.1) is 6.61 Å². The topological polar surface area (TPSA) is 40.1 Å². The molecule has 0 aromatic heterocycles. The zero-order valence-electron chi connectivity index (χ0n) is 16.0. The van der Waals surface area contributed by atoms with Crippen LogP contribution in [-0.2, 0) is 17.9 Å². The van der Waals surface area contributed by atoms with Crippen molar-refractivity contribution in [2.24, 2.45) is 4.99 Å². The molecule has 0 bridgehead atoms. The minimum absolute atomic E-state index is 0.197. The number of ether oxygens (including phenoxy) is 1. The lowest BCUT2D eigenvalue weighted by atomic mass is 10.1.